The summed E-state index contributed by atoms with van der Waals surface area (Å²) in [6, 6.07) is 20.9. The molecular weight excluding hydrogens is 398 g/mol. The maximum Gasteiger partial charge on any atom is 0.117 e. The summed E-state index contributed by atoms with van der Waals surface area (Å²) in [5.74, 6) is 6.53. The Labute approximate surface area is 188 Å². The number of thiazole rings is 1. The largest absolute Gasteiger partial charge is 0.388 e. The van der Waals surface area contributed by atoms with Crippen molar-refractivity contribution in [2.75, 3.05) is 31.4 Å². The fraction of sp³-hybridized carbons (Fsp3) is 0.148. The Bertz CT molecular complexity index is 1300. The van der Waals surface area contributed by atoms with Crippen LogP contribution >= 0.6 is 11.3 Å². The second-order valence-electron chi connectivity index (χ2n) is 7.58. The highest BCUT2D eigenvalue weighted by atomic mass is 32.1. The standard InChI is InChI=1S/C27H25N3S/c1-19-17-21(9-14-24(19)28-2)11-16-27-29-25-15-10-22(18-26(25)31-27)6-5-20-7-12-23(13-8-20)30(3)4/h7-18,28H,1-4H3/b16-11+. The van der Waals surface area contributed by atoms with Crippen molar-refractivity contribution in [3.63, 3.8) is 0 Å². The van der Waals surface area contributed by atoms with Gasteiger partial charge in [-0.3, -0.25) is 0 Å². The van der Waals surface area contributed by atoms with E-state index < -0.39 is 0 Å². The highest BCUT2D eigenvalue weighted by Gasteiger charge is 2.03. The molecule has 154 valence electrons. The monoisotopic (exact) mass is 423 g/mol. The normalized spacial score (nSPS) is 10.8. The van der Waals surface area contributed by atoms with Crippen LogP contribution in [0.5, 0.6) is 0 Å². The third kappa shape index (κ3) is 4.96. The Morgan fingerprint density at radius 3 is 2.35 bits per heavy atom. The number of anilines is 2. The molecule has 0 bridgehead atoms. The quantitative estimate of drug-likeness (QED) is 0.391. The van der Waals surface area contributed by atoms with Crippen molar-refractivity contribution in [3.8, 4) is 11.8 Å². The number of benzene rings is 3. The van der Waals surface area contributed by atoms with Crippen LogP contribution in [0.15, 0.2) is 60.7 Å². The molecule has 1 aromatic heterocycles. The van der Waals surface area contributed by atoms with Crippen LogP contribution < -0.4 is 10.2 Å². The molecule has 0 saturated carbocycles. The fourth-order valence-electron chi connectivity index (χ4n) is 3.32. The summed E-state index contributed by atoms with van der Waals surface area (Å²) in [7, 11) is 6.02. The van der Waals surface area contributed by atoms with Gasteiger partial charge in [-0.2, -0.15) is 0 Å². The van der Waals surface area contributed by atoms with Gasteiger partial charge in [-0.25, -0.2) is 4.98 Å². The molecule has 31 heavy (non-hydrogen) atoms. The topological polar surface area (TPSA) is 28.2 Å². The zero-order valence-corrected chi connectivity index (χ0v) is 19.0. The maximum atomic E-state index is 4.74. The predicted octanol–water partition coefficient (Wildman–Crippen LogP) is 6.28. The van der Waals surface area contributed by atoms with Crippen LogP contribution in [-0.4, -0.2) is 26.1 Å². The number of nitrogens with zero attached hydrogens (tertiary/aromatic N) is 2. The first-order chi connectivity index (χ1) is 15.0. The Kier molecular flexibility index (Phi) is 6.06. The minimum Gasteiger partial charge on any atom is -0.388 e. The van der Waals surface area contributed by atoms with Crippen molar-refractivity contribution >= 4 is 45.1 Å². The SMILES string of the molecule is CNc1ccc(/C=C/c2nc3ccc(C#Cc4ccc(N(C)C)cc4)cc3s2)cc1C. The van der Waals surface area contributed by atoms with Gasteiger partial charge in [0.2, 0.25) is 0 Å². The predicted molar refractivity (Wildman–Crippen MR) is 136 cm³/mol. The van der Waals surface area contributed by atoms with Crippen LogP contribution in [0.2, 0.25) is 0 Å². The first-order valence-electron chi connectivity index (χ1n) is 10.2. The molecule has 1 N–H and O–H groups in total. The molecule has 0 aliphatic heterocycles. The van der Waals surface area contributed by atoms with Crippen LogP contribution in [0, 0.1) is 18.8 Å². The van der Waals surface area contributed by atoms with Crippen molar-refractivity contribution in [2.24, 2.45) is 0 Å². The molecule has 0 fully saturated rings. The summed E-state index contributed by atoms with van der Waals surface area (Å²) in [6.07, 6.45) is 4.19. The van der Waals surface area contributed by atoms with E-state index in [0.717, 1.165) is 32.0 Å². The third-order valence-electron chi connectivity index (χ3n) is 5.08. The van der Waals surface area contributed by atoms with Crippen LogP contribution in [0.3, 0.4) is 0 Å². The van der Waals surface area contributed by atoms with Gasteiger partial charge < -0.3 is 10.2 Å². The summed E-state index contributed by atoms with van der Waals surface area (Å²) < 4.78 is 1.15. The molecule has 0 aliphatic carbocycles. The van der Waals surface area contributed by atoms with Gasteiger partial charge in [-0.1, -0.05) is 24.0 Å². The van der Waals surface area contributed by atoms with Crippen molar-refractivity contribution in [2.45, 2.75) is 6.92 Å². The average molecular weight is 424 g/mol. The van der Waals surface area contributed by atoms with E-state index in [1.807, 2.05) is 33.3 Å². The lowest BCUT2D eigenvalue weighted by Crippen LogP contribution is -2.07. The lowest BCUT2D eigenvalue weighted by molar-refractivity contribution is 1.13. The Hall–Kier alpha value is -3.55. The van der Waals surface area contributed by atoms with Crippen LogP contribution in [0.25, 0.3) is 22.4 Å². The van der Waals surface area contributed by atoms with E-state index >= 15 is 0 Å². The van der Waals surface area contributed by atoms with Crippen molar-refractivity contribution in [1.82, 2.24) is 4.98 Å². The zero-order chi connectivity index (χ0) is 21.8. The van der Waals surface area contributed by atoms with E-state index in [2.05, 4.69) is 89.7 Å². The smallest absolute Gasteiger partial charge is 0.117 e. The first kappa shape index (κ1) is 20.7. The minimum atomic E-state index is 0.995. The Morgan fingerprint density at radius 1 is 0.903 bits per heavy atom. The summed E-state index contributed by atoms with van der Waals surface area (Å²) in [5.41, 5.74) is 7.74. The molecule has 0 aliphatic rings. The maximum absolute atomic E-state index is 4.74. The van der Waals surface area contributed by atoms with Gasteiger partial charge in [-0.05, 0) is 78.7 Å². The molecule has 4 heteroatoms. The summed E-state index contributed by atoms with van der Waals surface area (Å²) in [4.78, 5) is 6.82. The van der Waals surface area contributed by atoms with Gasteiger partial charge in [0.25, 0.3) is 0 Å². The lowest BCUT2D eigenvalue weighted by Gasteiger charge is -2.11. The molecule has 0 atom stereocenters. The van der Waals surface area contributed by atoms with E-state index in [-0.39, 0.29) is 0 Å². The number of hydrogen-bond donors (Lipinski definition) is 1. The Balaban J connectivity index is 1.53. The third-order valence-corrected chi connectivity index (χ3v) is 6.06. The average Bonchev–Trinajstić information content (AvgIpc) is 3.19. The number of nitrogens with one attached hydrogen (secondary N) is 1. The van der Waals surface area contributed by atoms with Crippen molar-refractivity contribution in [3.05, 3.63) is 87.9 Å². The molecule has 0 amide bonds. The van der Waals surface area contributed by atoms with E-state index in [9.17, 15) is 0 Å². The molecule has 4 aromatic rings. The van der Waals surface area contributed by atoms with Gasteiger partial charge >= 0.3 is 0 Å². The van der Waals surface area contributed by atoms with Gasteiger partial charge in [0.05, 0.1) is 10.2 Å². The number of rotatable bonds is 4. The molecule has 3 nitrogen and oxygen atoms in total. The van der Waals surface area contributed by atoms with Crippen LogP contribution in [0.1, 0.15) is 27.3 Å². The number of aryl methyl sites for hydroxylation is 1. The van der Waals surface area contributed by atoms with Crippen molar-refractivity contribution < 1.29 is 0 Å². The highest BCUT2D eigenvalue weighted by molar-refractivity contribution is 7.19. The summed E-state index contributed by atoms with van der Waals surface area (Å²) >= 11 is 1.69. The van der Waals surface area contributed by atoms with Gasteiger partial charge in [0.1, 0.15) is 5.01 Å². The molecule has 0 saturated heterocycles. The van der Waals surface area contributed by atoms with Gasteiger partial charge in [0, 0.05) is 43.6 Å². The van der Waals surface area contributed by atoms with Crippen LogP contribution in [-0.2, 0) is 0 Å². The van der Waals surface area contributed by atoms with E-state index in [1.54, 1.807) is 11.3 Å². The molecule has 0 spiro atoms. The molecule has 1 heterocycles. The van der Waals surface area contributed by atoms with E-state index in [4.69, 9.17) is 4.98 Å². The zero-order valence-electron chi connectivity index (χ0n) is 18.2. The molecule has 0 radical (unpaired) electrons. The Morgan fingerprint density at radius 2 is 1.65 bits per heavy atom. The van der Waals surface area contributed by atoms with Gasteiger partial charge in [0.15, 0.2) is 0 Å². The second kappa shape index (κ2) is 9.07. The van der Waals surface area contributed by atoms with E-state index in [0.29, 0.717) is 0 Å². The molecular formula is C27H25N3S. The van der Waals surface area contributed by atoms with Crippen molar-refractivity contribution in [1.29, 1.82) is 0 Å². The lowest BCUT2D eigenvalue weighted by atomic mass is 10.1. The fourth-order valence-corrected chi connectivity index (χ4v) is 4.23. The molecule has 4 rings (SSSR count). The number of aromatic nitrogens is 1. The minimum absolute atomic E-state index is 0.995. The second-order valence-corrected chi connectivity index (χ2v) is 8.65. The van der Waals surface area contributed by atoms with E-state index in [1.165, 1.54) is 16.8 Å². The summed E-state index contributed by atoms with van der Waals surface area (Å²) in [5, 5.41) is 4.19. The van der Waals surface area contributed by atoms with Gasteiger partial charge in [-0.15, -0.1) is 11.3 Å². The summed E-state index contributed by atoms with van der Waals surface area (Å²) in [6.45, 7) is 2.11. The highest BCUT2D eigenvalue weighted by Crippen LogP contribution is 2.25. The molecule has 3 aromatic carbocycles. The molecule has 0 unspecified atom stereocenters. The first-order valence-corrected chi connectivity index (χ1v) is 11.0. The number of fused-ring (bicyclic) bond motifs is 1. The van der Waals surface area contributed by atoms with Crippen LogP contribution in [0.4, 0.5) is 11.4 Å². The number of hydrogen-bond acceptors (Lipinski definition) is 4.